The van der Waals surface area contributed by atoms with E-state index in [0.29, 0.717) is 22.2 Å². The number of para-hydroxylation sites is 2. The number of anilines is 1. The van der Waals surface area contributed by atoms with E-state index >= 15 is 0 Å². The minimum atomic E-state index is -3.65. The van der Waals surface area contributed by atoms with E-state index in [1.54, 1.807) is 49.1 Å². The van der Waals surface area contributed by atoms with Gasteiger partial charge in [0.15, 0.2) is 11.4 Å². The Morgan fingerprint density at radius 1 is 1.11 bits per heavy atom. The monoisotopic (exact) mass is 407 g/mol. The Morgan fingerprint density at radius 2 is 1.81 bits per heavy atom. The zero-order chi connectivity index (χ0) is 19.2. The summed E-state index contributed by atoms with van der Waals surface area (Å²) in [5.41, 5.74) is 0.419. The van der Waals surface area contributed by atoms with Gasteiger partial charge in [-0.25, -0.2) is 0 Å². The van der Waals surface area contributed by atoms with Gasteiger partial charge in [-0.15, -0.1) is 0 Å². The Labute approximate surface area is 162 Å². The third kappa shape index (κ3) is 2.88. The summed E-state index contributed by atoms with van der Waals surface area (Å²) in [4.78, 5) is 14.7. The maximum absolute atomic E-state index is 13.4. The normalized spacial score (nSPS) is 20.7. The van der Waals surface area contributed by atoms with Crippen LogP contribution in [0.4, 0.5) is 5.69 Å². The van der Waals surface area contributed by atoms with Crippen LogP contribution in [0.2, 0.25) is 5.02 Å². The van der Waals surface area contributed by atoms with E-state index in [9.17, 15) is 9.36 Å². The lowest BCUT2D eigenvalue weighted by molar-refractivity contribution is -0.124. The molecule has 8 heteroatoms. The molecule has 6 nitrogen and oxygen atoms in total. The Hall–Kier alpha value is -1.85. The topological polar surface area (TPSA) is 65.1 Å². The molecule has 0 aromatic heterocycles. The van der Waals surface area contributed by atoms with Gasteiger partial charge in [0.1, 0.15) is 5.75 Å². The van der Waals surface area contributed by atoms with Gasteiger partial charge in [0.2, 0.25) is 5.91 Å². The van der Waals surface area contributed by atoms with Crippen molar-refractivity contribution in [3.8, 4) is 11.5 Å². The molecule has 142 valence electrons. The van der Waals surface area contributed by atoms with Crippen LogP contribution in [-0.2, 0) is 18.4 Å². The molecule has 1 amide bonds. The van der Waals surface area contributed by atoms with Crippen LogP contribution in [0.15, 0.2) is 42.5 Å². The Morgan fingerprint density at radius 3 is 2.52 bits per heavy atom. The number of hydrogen-bond acceptors (Lipinski definition) is 5. The fourth-order valence-corrected chi connectivity index (χ4v) is 5.93. The van der Waals surface area contributed by atoms with Crippen LogP contribution in [0.3, 0.4) is 0 Å². The highest BCUT2D eigenvalue weighted by Crippen LogP contribution is 2.65. The van der Waals surface area contributed by atoms with Crippen molar-refractivity contribution in [2.24, 2.45) is 0 Å². The predicted molar refractivity (Wildman–Crippen MR) is 103 cm³/mol. The number of carbonyl (C=O) groups is 1. The maximum Gasteiger partial charge on any atom is 0.345 e. The van der Waals surface area contributed by atoms with Gasteiger partial charge in [-0.3, -0.25) is 14.3 Å². The SMILES string of the molecule is CCOP(=O)(OCC)[C@H]1C(=O)N2c3ccccc3Oc3cc(Cl)ccc3[C@H]12. The molecule has 1 saturated heterocycles. The van der Waals surface area contributed by atoms with E-state index < -0.39 is 19.3 Å². The van der Waals surface area contributed by atoms with Crippen molar-refractivity contribution in [2.45, 2.75) is 25.5 Å². The second-order valence-electron chi connectivity index (χ2n) is 6.23. The van der Waals surface area contributed by atoms with Gasteiger partial charge in [0, 0.05) is 10.6 Å². The summed E-state index contributed by atoms with van der Waals surface area (Å²) in [5, 5.41) is 0.514. The van der Waals surface area contributed by atoms with Crippen LogP contribution in [0.1, 0.15) is 25.5 Å². The molecule has 4 rings (SSSR count). The number of nitrogens with zero attached hydrogens (tertiary/aromatic N) is 1. The van der Waals surface area contributed by atoms with Crippen LogP contribution in [0, 0.1) is 0 Å². The molecule has 0 unspecified atom stereocenters. The number of benzene rings is 2. The lowest BCUT2D eigenvalue weighted by Crippen LogP contribution is -2.59. The molecule has 2 aliphatic heterocycles. The summed E-state index contributed by atoms with van der Waals surface area (Å²) in [5.74, 6) is 0.765. The van der Waals surface area contributed by atoms with E-state index in [1.165, 1.54) is 0 Å². The molecule has 2 aromatic rings. The summed E-state index contributed by atoms with van der Waals surface area (Å²) in [7, 11) is -3.65. The Balaban J connectivity index is 1.88. The molecule has 2 aromatic carbocycles. The van der Waals surface area contributed by atoms with E-state index in [1.807, 2.05) is 12.1 Å². The van der Waals surface area contributed by atoms with E-state index in [0.717, 1.165) is 5.56 Å². The second-order valence-corrected chi connectivity index (χ2v) is 8.81. The largest absolute Gasteiger partial charge is 0.455 e. The first-order valence-corrected chi connectivity index (χ1v) is 10.8. The average molecular weight is 408 g/mol. The van der Waals surface area contributed by atoms with Crippen molar-refractivity contribution in [2.75, 3.05) is 18.1 Å². The lowest BCUT2D eigenvalue weighted by Gasteiger charge is -2.47. The van der Waals surface area contributed by atoms with Crippen LogP contribution in [0.25, 0.3) is 0 Å². The maximum atomic E-state index is 13.4. The Bertz CT molecular complexity index is 939. The summed E-state index contributed by atoms with van der Waals surface area (Å²) in [6.45, 7) is 3.83. The van der Waals surface area contributed by atoms with Crippen molar-refractivity contribution >= 4 is 30.8 Å². The lowest BCUT2D eigenvalue weighted by atomic mass is 9.92. The smallest absolute Gasteiger partial charge is 0.345 e. The molecule has 2 heterocycles. The van der Waals surface area contributed by atoms with E-state index in [2.05, 4.69) is 0 Å². The third-order valence-electron chi connectivity index (χ3n) is 4.67. The summed E-state index contributed by atoms with van der Waals surface area (Å²) in [6.07, 6.45) is 0. The van der Waals surface area contributed by atoms with Gasteiger partial charge in [-0.2, -0.15) is 0 Å². The van der Waals surface area contributed by atoms with Crippen molar-refractivity contribution in [3.05, 3.63) is 53.1 Å². The van der Waals surface area contributed by atoms with Crippen LogP contribution < -0.4 is 9.64 Å². The van der Waals surface area contributed by atoms with Gasteiger partial charge in [-0.05, 0) is 38.1 Å². The molecule has 0 saturated carbocycles. The van der Waals surface area contributed by atoms with E-state index in [4.69, 9.17) is 25.4 Å². The molecule has 27 heavy (non-hydrogen) atoms. The van der Waals surface area contributed by atoms with Crippen LogP contribution >= 0.6 is 19.2 Å². The molecule has 0 spiro atoms. The number of amides is 1. The highest BCUT2D eigenvalue weighted by atomic mass is 35.5. The third-order valence-corrected chi connectivity index (χ3v) is 7.32. The number of β-lactam (4-membered cyclic amide) rings is 1. The average Bonchev–Trinajstić information content (AvgIpc) is 2.73. The van der Waals surface area contributed by atoms with Gasteiger partial charge >= 0.3 is 7.60 Å². The predicted octanol–water partition coefficient (Wildman–Crippen LogP) is 5.17. The zero-order valence-corrected chi connectivity index (χ0v) is 16.6. The number of ether oxygens (including phenoxy) is 1. The minimum Gasteiger partial charge on any atom is -0.455 e. The van der Waals surface area contributed by atoms with Gasteiger partial charge in [0.05, 0.1) is 24.9 Å². The number of halogens is 1. The van der Waals surface area contributed by atoms with Crippen molar-refractivity contribution in [3.63, 3.8) is 0 Å². The minimum absolute atomic E-state index is 0.189. The van der Waals surface area contributed by atoms with E-state index in [-0.39, 0.29) is 19.1 Å². The van der Waals surface area contributed by atoms with Crippen LogP contribution in [0.5, 0.6) is 11.5 Å². The molecule has 2 aliphatic rings. The molecule has 0 bridgehead atoms. The molecule has 0 aliphatic carbocycles. The first-order valence-electron chi connectivity index (χ1n) is 8.78. The highest BCUT2D eigenvalue weighted by Gasteiger charge is 2.61. The highest BCUT2D eigenvalue weighted by molar-refractivity contribution is 7.56. The molecule has 0 radical (unpaired) electrons. The molecular formula is C19H19ClNO5P. The van der Waals surface area contributed by atoms with Crippen LogP contribution in [-0.4, -0.2) is 24.8 Å². The number of fused-ring (bicyclic) bond motifs is 5. The second kappa shape index (κ2) is 6.95. The zero-order valence-electron chi connectivity index (χ0n) is 14.9. The fourth-order valence-electron chi connectivity index (χ4n) is 3.62. The summed E-state index contributed by atoms with van der Waals surface area (Å²) >= 11 is 6.15. The summed E-state index contributed by atoms with van der Waals surface area (Å²) in [6, 6.07) is 11.9. The number of rotatable bonds is 5. The molecule has 0 N–H and O–H groups in total. The van der Waals surface area contributed by atoms with Crippen molar-refractivity contribution < 1.29 is 23.1 Å². The number of hydrogen-bond donors (Lipinski definition) is 0. The van der Waals surface area contributed by atoms with Gasteiger partial charge < -0.3 is 13.8 Å². The van der Waals surface area contributed by atoms with Crippen molar-refractivity contribution in [1.82, 2.24) is 0 Å². The summed E-state index contributed by atoms with van der Waals surface area (Å²) < 4.78 is 30.4. The van der Waals surface area contributed by atoms with Crippen molar-refractivity contribution in [1.29, 1.82) is 0 Å². The first kappa shape index (κ1) is 18.5. The Kier molecular flexibility index (Phi) is 4.77. The molecule has 1 fully saturated rings. The molecular weight excluding hydrogens is 389 g/mol. The number of carbonyl (C=O) groups excluding carboxylic acids is 1. The first-order chi connectivity index (χ1) is 13.0. The van der Waals surface area contributed by atoms with Gasteiger partial charge in [-0.1, -0.05) is 29.8 Å². The quantitative estimate of drug-likeness (QED) is 0.505. The standard InChI is InChI=1S/C19H19ClNO5P/c1-3-24-27(23,25-4-2)18-17-13-10-9-12(20)11-16(13)26-15-8-6-5-7-14(15)21(17)19(18)22/h5-11,17-18H,3-4H2,1-2H3/t17-,18-/m1/s1. The van der Waals surface area contributed by atoms with Gasteiger partial charge in [0.25, 0.3) is 0 Å². The fraction of sp³-hybridized carbons (Fsp3) is 0.316. The molecule has 2 atom stereocenters.